The number of ether oxygens (including phenoxy) is 2. The van der Waals surface area contributed by atoms with E-state index in [9.17, 15) is 9.59 Å². The van der Waals surface area contributed by atoms with Crippen LogP contribution < -0.4 is 15.5 Å². The van der Waals surface area contributed by atoms with Crippen molar-refractivity contribution in [2.45, 2.75) is 25.6 Å². The molecule has 1 atom stereocenters. The summed E-state index contributed by atoms with van der Waals surface area (Å²) in [4.78, 5) is 23.3. The average Bonchev–Trinajstić information content (AvgIpc) is 2.66. The summed E-state index contributed by atoms with van der Waals surface area (Å²) in [5.41, 5.74) is 3.97. The summed E-state index contributed by atoms with van der Waals surface area (Å²) >= 11 is 0. The molecule has 0 bridgehead atoms. The summed E-state index contributed by atoms with van der Waals surface area (Å²) in [6, 6.07) is 14.5. The predicted molar refractivity (Wildman–Crippen MR) is 89.4 cm³/mol. The van der Waals surface area contributed by atoms with E-state index in [1.807, 2.05) is 30.3 Å². The third kappa shape index (κ3) is 4.27. The van der Waals surface area contributed by atoms with Gasteiger partial charge in [-0.15, -0.1) is 0 Å². The van der Waals surface area contributed by atoms with Crippen molar-refractivity contribution < 1.29 is 24.3 Å². The zero-order chi connectivity index (χ0) is 17.6. The lowest BCUT2D eigenvalue weighted by molar-refractivity contribution is -0.137. The van der Waals surface area contributed by atoms with Gasteiger partial charge >= 0.3 is 6.09 Å². The van der Waals surface area contributed by atoms with E-state index < -0.39 is 18.1 Å². The number of rotatable bonds is 4. The second kappa shape index (κ2) is 7.67. The summed E-state index contributed by atoms with van der Waals surface area (Å²) in [6.07, 6.45) is -0.214. The van der Waals surface area contributed by atoms with Crippen LogP contribution >= 0.6 is 0 Å². The van der Waals surface area contributed by atoms with E-state index in [2.05, 4.69) is 5.32 Å². The molecule has 2 amide bonds. The van der Waals surface area contributed by atoms with Crippen LogP contribution in [0.25, 0.3) is 0 Å². The highest BCUT2D eigenvalue weighted by molar-refractivity contribution is 5.85. The first-order valence-electron chi connectivity index (χ1n) is 7.87. The maximum atomic E-state index is 11.9. The number of nitrogens with one attached hydrogen (secondary N) is 2. The number of anilines is 1. The standard InChI is InChI=1S/C18H18N2O5/c21-17(20-23)16-8-6-13-10-14(7-9-15(13)25-16)19-18(22)24-11-12-4-2-1-3-5-12/h1-5,7,9-10,16,23H,6,8,11H2,(H,19,22)(H,20,21). The molecule has 3 N–H and O–H groups in total. The van der Waals surface area contributed by atoms with Gasteiger partial charge in [0, 0.05) is 5.69 Å². The number of hydrogen-bond acceptors (Lipinski definition) is 5. The van der Waals surface area contributed by atoms with Gasteiger partial charge in [-0.1, -0.05) is 30.3 Å². The fourth-order valence-corrected chi connectivity index (χ4v) is 2.60. The Morgan fingerprint density at radius 1 is 1.20 bits per heavy atom. The number of hydroxylamine groups is 1. The SMILES string of the molecule is O=C(Nc1ccc2c(c1)CCC(C(=O)NO)O2)OCc1ccccc1. The van der Waals surface area contributed by atoms with Gasteiger partial charge < -0.3 is 9.47 Å². The van der Waals surface area contributed by atoms with Crippen molar-refractivity contribution in [1.29, 1.82) is 0 Å². The number of carbonyl (C=O) groups is 2. The molecular weight excluding hydrogens is 324 g/mol. The quantitative estimate of drug-likeness (QED) is 0.586. The molecule has 130 valence electrons. The van der Waals surface area contributed by atoms with Crippen LogP contribution in [0.2, 0.25) is 0 Å². The highest BCUT2D eigenvalue weighted by Crippen LogP contribution is 2.30. The molecule has 0 spiro atoms. The number of carbonyl (C=O) groups excluding carboxylic acids is 2. The average molecular weight is 342 g/mol. The summed E-state index contributed by atoms with van der Waals surface area (Å²) in [5, 5.41) is 11.3. The summed E-state index contributed by atoms with van der Waals surface area (Å²) < 4.78 is 10.7. The van der Waals surface area contributed by atoms with E-state index >= 15 is 0 Å². The monoisotopic (exact) mass is 342 g/mol. The molecule has 2 aromatic carbocycles. The Morgan fingerprint density at radius 3 is 2.76 bits per heavy atom. The third-order valence-electron chi connectivity index (χ3n) is 3.87. The maximum Gasteiger partial charge on any atom is 0.411 e. The molecule has 1 heterocycles. The molecule has 1 unspecified atom stereocenters. The normalized spacial score (nSPS) is 15.5. The number of aryl methyl sites for hydroxylation is 1. The lowest BCUT2D eigenvalue weighted by Crippen LogP contribution is -2.38. The second-order valence-electron chi connectivity index (χ2n) is 5.63. The highest BCUT2D eigenvalue weighted by atomic mass is 16.5. The molecule has 0 saturated heterocycles. The largest absolute Gasteiger partial charge is 0.480 e. The fourth-order valence-electron chi connectivity index (χ4n) is 2.60. The van der Waals surface area contributed by atoms with Crippen LogP contribution in [0, 0.1) is 0 Å². The molecule has 7 heteroatoms. The van der Waals surface area contributed by atoms with E-state index in [1.54, 1.807) is 23.7 Å². The van der Waals surface area contributed by atoms with Gasteiger partial charge in [0.15, 0.2) is 6.10 Å². The van der Waals surface area contributed by atoms with E-state index in [4.69, 9.17) is 14.7 Å². The van der Waals surface area contributed by atoms with Gasteiger partial charge in [-0.25, -0.2) is 10.3 Å². The predicted octanol–water partition coefficient (Wildman–Crippen LogP) is 2.63. The Kier molecular flexibility index (Phi) is 5.15. The molecule has 1 aliphatic rings. The van der Waals surface area contributed by atoms with Crippen LogP contribution in [0.15, 0.2) is 48.5 Å². The minimum absolute atomic E-state index is 0.193. The summed E-state index contributed by atoms with van der Waals surface area (Å²) in [6.45, 7) is 0.193. The smallest absolute Gasteiger partial charge is 0.411 e. The van der Waals surface area contributed by atoms with Gasteiger partial charge in [0.25, 0.3) is 5.91 Å². The molecule has 1 aliphatic heterocycles. The molecule has 0 aliphatic carbocycles. The fraction of sp³-hybridized carbons (Fsp3) is 0.222. The Hall–Kier alpha value is -3.06. The van der Waals surface area contributed by atoms with E-state index in [0.717, 1.165) is 11.1 Å². The van der Waals surface area contributed by atoms with Crippen LogP contribution in [-0.4, -0.2) is 23.3 Å². The van der Waals surface area contributed by atoms with Gasteiger partial charge in [0.2, 0.25) is 0 Å². The zero-order valence-corrected chi connectivity index (χ0v) is 13.4. The number of amides is 2. The van der Waals surface area contributed by atoms with E-state index in [0.29, 0.717) is 24.3 Å². The molecule has 0 saturated carbocycles. The lowest BCUT2D eigenvalue weighted by Gasteiger charge is -2.24. The molecule has 0 fully saturated rings. The summed E-state index contributed by atoms with van der Waals surface area (Å²) in [7, 11) is 0. The zero-order valence-electron chi connectivity index (χ0n) is 13.4. The molecular formula is C18H18N2O5. The summed E-state index contributed by atoms with van der Waals surface area (Å²) in [5.74, 6) is -0.0135. The van der Waals surface area contributed by atoms with Gasteiger partial charge in [0.1, 0.15) is 12.4 Å². The van der Waals surface area contributed by atoms with E-state index in [1.165, 1.54) is 0 Å². The van der Waals surface area contributed by atoms with Crippen molar-refractivity contribution in [2.75, 3.05) is 5.32 Å². The highest BCUT2D eigenvalue weighted by Gasteiger charge is 2.26. The van der Waals surface area contributed by atoms with Crippen LogP contribution in [0.1, 0.15) is 17.5 Å². The Balaban J connectivity index is 1.57. The lowest BCUT2D eigenvalue weighted by atomic mass is 10.0. The van der Waals surface area contributed by atoms with Gasteiger partial charge in [0.05, 0.1) is 0 Å². The van der Waals surface area contributed by atoms with Gasteiger partial charge in [-0.2, -0.15) is 0 Å². The molecule has 2 aromatic rings. The maximum absolute atomic E-state index is 11.9. The van der Waals surface area contributed by atoms with Crippen molar-refractivity contribution in [3.63, 3.8) is 0 Å². The van der Waals surface area contributed by atoms with Crippen molar-refractivity contribution in [3.05, 3.63) is 59.7 Å². The minimum Gasteiger partial charge on any atom is -0.480 e. The van der Waals surface area contributed by atoms with Crippen molar-refractivity contribution in [1.82, 2.24) is 5.48 Å². The van der Waals surface area contributed by atoms with Gasteiger partial charge in [-0.3, -0.25) is 15.3 Å². The second-order valence-corrected chi connectivity index (χ2v) is 5.63. The van der Waals surface area contributed by atoms with Crippen molar-refractivity contribution in [3.8, 4) is 5.75 Å². The van der Waals surface area contributed by atoms with Crippen molar-refractivity contribution in [2.24, 2.45) is 0 Å². The van der Waals surface area contributed by atoms with Crippen molar-refractivity contribution >= 4 is 17.7 Å². The Morgan fingerprint density at radius 2 is 2.00 bits per heavy atom. The van der Waals surface area contributed by atoms with Gasteiger partial charge in [-0.05, 0) is 42.2 Å². The third-order valence-corrected chi connectivity index (χ3v) is 3.87. The topological polar surface area (TPSA) is 96.9 Å². The molecule has 0 aromatic heterocycles. The van der Waals surface area contributed by atoms with Crippen LogP contribution in [0.5, 0.6) is 5.75 Å². The molecule has 0 radical (unpaired) electrons. The van der Waals surface area contributed by atoms with Crippen LogP contribution in [0.4, 0.5) is 10.5 Å². The first kappa shape index (κ1) is 16.8. The number of benzene rings is 2. The molecule has 25 heavy (non-hydrogen) atoms. The first-order valence-corrected chi connectivity index (χ1v) is 7.87. The first-order chi connectivity index (χ1) is 12.2. The molecule has 3 rings (SSSR count). The minimum atomic E-state index is -0.716. The van der Waals surface area contributed by atoms with Crippen LogP contribution in [0.3, 0.4) is 0 Å². The molecule has 7 nitrogen and oxygen atoms in total. The Bertz CT molecular complexity index is 763. The van der Waals surface area contributed by atoms with Crippen LogP contribution in [-0.2, 0) is 22.6 Å². The van der Waals surface area contributed by atoms with E-state index in [-0.39, 0.29) is 6.61 Å². The Labute approximate surface area is 144 Å². The number of fused-ring (bicyclic) bond motifs is 1. The number of hydrogen-bond donors (Lipinski definition) is 3.